The number of hydrogen-bond donors (Lipinski definition) is 1. The number of hydrazone groups is 1. The fraction of sp³-hybridized carbons (Fsp3) is 0. The van der Waals surface area contributed by atoms with E-state index in [4.69, 9.17) is 11.6 Å². The second kappa shape index (κ2) is 6.83. The lowest BCUT2D eigenvalue weighted by Crippen LogP contribution is -2.08. The molecule has 108 valence electrons. The molecule has 0 aliphatic carbocycles. The Bertz CT molecular complexity index is 731. The van der Waals surface area contributed by atoms with Crippen molar-refractivity contribution in [1.82, 2.24) is 9.97 Å². The van der Waals surface area contributed by atoms with Gasteiger partial charge in [0.1, 0.15) is 16.7 Å². The van der Waals surface area contributed by atoms with Crippen molar-refractivity contribution < 1.29 is 0 Å². The van der Waals surface area contributed by atoms with Gasteiger partial charge in [0.2, 0.25) is 0 Å². The Morgan fingerprint density at radius 2 is 1.73 bits per heavy atom. The van der Waals surface area contributed by atoms with Gasteiger partial charge in [0.25, 0.3) is 0 Å². The molecule has 0 unspecified atom stereocenters. The van der Waals surface area contributed by atoms with Crippen LogP contribution in [0.3, 0.4) is 0 Å². The number of benzene rings is 1. The molecule has 0 bridgehead atoms. The van der Waals surface area contributed by atoms with Gasteiger partial charge in [0.15, 0.2) is 0 Å². The minimum atomic E-state index is 0.416. The first-order valence-corrected chi connectivity index (χ1v) is 7.14. The van der Waals surface area contributed by atoms with Gasteiger partial charge in [-0.2, -0.15) is 5.10 Å². The Labute approximate surface area is 133 Å². The number of halogens is 1. The molecule has 0 spiro atoms. The summed E-state index contributed by atoms with van der Waals surface area (Å²) in [6, 6.07) is 20.9. The summed E-state index contributed by atoms with van der Waals surface area (Å²) < 4.78 is 0. The van der Waals surface area contributed by atoms with Crippen molar-refractivity contribution in [2.24, 2.45) is 5.10 Å². The third-order valence-corrected chi connectivity index (χ3v) is 3.16. The Morgan fingerprint density at radius 3 is 2.45 bits per heavy atom. The van der Waals surface area contributed by atoms with E-state index in [1.54, 1.807) is 18.3 Å². The summed E-state index contributed by atoms with van der Waals surface area (Å²) in [5.74, 6) is 0.580. The quantitative estimate of drug-likeness (QED) is 0.450. The highest BCUT2D eigenvalue weighted by atomic mass is 35.5. The number of nitrogens with zero attached hydrogens (tertiary/aromatic N) is 3. The number of nitrogens with one attached hydrogen (secondary N) is 1. The maximum Gasteiger partial charge on any atom is 0.147 e. The smallest absolute Gasteiger partial charge is 0.147 e. The minimum Gasteiger partial charge on any atom is -0.261 e. The predicted octanol–water partition coefficient (Wildman–Crippen LogP) is 3.99. The van der Waals surface area contributed by atoms with Crippen LogP contribution in [0.25, 0.3) is 0 Å². The predicted molar refractivity (Wildman–Crippen MR) is 89.2 cm³/mol. The van der Waals surface area contributed by atoms with Crippen LogP contribution in [0.2, 0.25) is 5.15 Å². The lowest BCUT2D eigenvalue weighted by Gasteiger charge is -2.07. The first-order chi connectivity index (χ1) is 10.8. The summed E-state index contributed by atoms with van der Waals surface area (Å²) in [5, 5.41) is 4.87. The third-order valence-electron chi connectivity index (χ3n) is 2.95. The highest BCUT2D eigenvalue weighted by Gasteiger charge is 2.08. The lowest BCUT2D eigenvalue weighted by molar-refractivity contribution is 1.21. The molecule has 1 aromatic carbocycles. The average Bonchev–Trinajstić information content (AvgIpc) is 2.57. The Kier molecular flexibility index (Phi) is 4.41. The molecule has 0 aliphatic rings. The molecule has 0 atom stereocenters. The summed E-state index contributed by atoms with van der Waals surface area (Å²) in [5.41, 5.74) is 5.42. The van der Waals surface area contributed by atoms with Gasteiger partial charge >= 0.3 is 0 Å². The molecule has 5 heteroatoms. The van der Waals surface area contributed by atoms with E-state index in [2.05, 4.69) is 20.5 Å². The topological polar surface area (TPSA) is 50.2 Å². The standard InChI is InChI=1S/C17H13ClN4/c18-15-10-6-11-16(20-15)21-22-17(13-7-2-1-3-8-13)14-9-4-5-12-19-14/h1-12H,(H,20,21)/b22-17+. The Morgan fingerprint density at radius 1 is 0.909 bits per heavy atom. The Balaban J connectivity index is 1.97. The van der Waals surface area contributed by atoms with Crippen LogP contribution in [0.1, 0.15) is 11.3 Å². The average molecular weight is 309 g/mol. The van der Waals surface area contributed by atoms with Crippen molar-refractivity contribution in [2.45, 2.75) is 0 Å². The van der Waals surface area contributed by atoms with Crippen LogP contribution in [-0.4, -0.2) is 15.7 Å². The minimum absolute atomic E-state index is 0.416. The van der Waals surface area contributed by atoms with Crippen LogP contribution in [0.15, 0.2) is 78.0 Å². The zero-order valence-corrected chi connectivity index (χ0v) is 12.4. The molecule has 4 nitrogen and oxygen atoms in total. The molecule has 0 saturated carbocycles. The van der Waals surface area contributed by atoms with Crippen LogP contribution in [0, 0.1) is 0 Å². The molecule has 22 heavy (non-hydrogen) atoms. The molecule has 2 heterocycles. The van der Waals surface area contributed by atoms with Crippen molar-refractivity contribution >= 4 is 23.1 Å². The van der Waals surface area contributed by atoms with E-state index in [-0.39, 0.29) is 0 Å². The van der Waals surface area contributed by atoms with Crippen molar-refractivity contribution in [3.63, 3.8) is 0 Å². The highest BCUT2D eigenvalue weighted by Crippen LogP contribution is 2.12. The second-order valence-electron chi connectivity index (χ2n) is 4.50. The van der Waals surface area contributed by atoms with Gasteiger partial charge in [-0.05, 0) is 24.3 Å². The van der Waals surface area contributed by atoms with Gasteiger partial charge in [-0.25, -0.2) is 4.98 Å². The summed E-state index contributed by atoms with van der Waals surface area (Å²) in [4.78, 5) is 8.53. The summed E-state index contributed by atoms with van der Waals surface area (Å²) >= 11 is 5.88. The molecule has 0 aliphatic heterocycles. The van der Waals surface area contributed by atoms with Crippen LogP contribution < -0.4 is 5.43 Å². The molecule has 3 aromatic rings. The van der Waals surface area contributed by atoms with Crippen molar-refractivity contribution in [1.29, 1.82) is 0 Å². The van der Waals surface area contributed by atoms with Crippen LogP contribution in [0.5, 0.6) is 0 Å². The number of aromatic nitrogens is 2. The van der Waals surface area contributed by atoms with E-state index in [0.29, 0.717) is 11.0 Å². The van der Waals surface area contributed by atoms with E-state index in [0.717, 1.165) is 17.0 Å². The maximum atomic E-state index is 5.88. The maximum absolute atomic E-state index is 5.88. The number of anilines is 1. The molecule has 3 rings (SSSR count). The largest absolute Gasteiger partial charge is 0.261 e. The molecule has 0 radical (unpaired) electrons. The Hall–Kier alpha value is -2.72. The molecule has 0 saturated heterocycles. The molecule has 2 aromatic heterocycles. The monoisotopic (exact) mass is 308 g/mol. The summed E-state index contributed by atoms with van der Waals surface area (Å²) in [6.07, 6.45) is 1.74. The summed E-state index contributed by atoms with van der Waals surface area (Å²) in [6.45, 7) is 0. The number of rotatable bonds is 4. The van der Waals surface area contributed by atoms with Crippen LogP contribution >= 0.6 is 11.6 Å². The highest BCUT2D eigenvalue weighted by molar-refractivity contribution is 6.29. The van der Waals surface area contributed by atoms with E-state index in [1.807, 2.05) is 54.6 Å². The second-order valence-corrected chi connectivity index (χ2v) is 4.89. The van der Waals surface area contributed by atoms with E-state index < -0.39 is 0 Å². The van der Waals surface area contributed by atoms with Gasteiger partial charge in [-0.1, -0.05) is 54.1 Å². The van der Waals surface area contributed by atoms with Gasteiger partial charge in [0.05, 0.1) is 5.69 Å². The van der Waals surface area contributed by atoms with Gasteiger partial charge < -0.3 is 0 Å². The van der Waals surface area contributed by atoms with Crippen LogP contribution in [0.4, 0.5) is 5.82 Å². The molecule has 0 fully saturated rings. The summed E-state index contributed by atoms with van der Waals surface area (Å²) in [7, 11) is 0. The van der Waals surface area contributed by atoms with Crippen molar-refractivity contribution in [3.05, 3.63) is 89.3 Å². The van der Waals surface area contributed by atoms with E-state index in [1.165, 1.54) is 0 Å². The lowest BCUT2D eigenvalue weighted by atomic mass is 10.1. The van der Waals surface area contributed by atoms with E-state index >= 15 is 0 Å². The first kappa shape index (κ1) is 14.2. The molecule has 1 N–H and O–H groups in total. The number of hydrogen-bond acceptors (Lipinski definition) is 4. The van der Waals surface area contributed by atoms with Crippen molar-refractivity contribution in [2.75, 3.05) is 5.43 Å². The molecule has 0 amide bonds. The zero-order chi connectivity index (χ0) is 15.2. The van der Waals surface area contributed by atoms with Crippen LogP contribution in [-0.2, 0) is 0 Å². The zero-order valence-electron chi connectivity index (χ0n) is 11.6. The fourth-order valence-corrected chi connectivity index (χ4v) is 2.12. The van der Waals surface area contributed by atoms with Crippen molar-refractivity contribution in [3.8, 4) is 0 Å². The SMILES string of the molecule is Clc1cccc(N/N=C(\c2ccccc2)c2ccccn2)n1. The van der Waals surface area contributed by atoms with Gasteiger partial charge in [-0.3, -0.25) is 10.4 Å². The molecular weight excluding hydrogens is 296 g/mol. The fourth-order valence-electron chi connectivity index (χ4n) is 1.95. The number of pyridine rings is 2. The van der Waals surface area contributed by atoms with Gasteiger partial charge in [0, 0.05) is 11.8 Å². The normalized spacial score (nSPS) is 11.2. The van der Waals surface area contributed by atoms with Gasteiger partial charge in [-0.15, -0.1) is 0 Å². The third kappa shape index (κ3) is 3.48. The van der Waals surface area contributed by atoms with E-state index in [9.17, 15) is 0 Å². The first-order valence-electron chi connectivity index (χ1n) is 6.76. The molecular formula is C17H13ClN4.